The van der Waals surface area contributed by atoms with E-state index in [4.69, 9.17) is 10.8 Å². The molecule has 0 bridgehead atoms. The Morgan fingerprint density at radius 1 is 1.40 bits per heavy atom. The molecule has 0 aliphatic rings. The molecule has 0 saturated heterocycles. The third-order valence-electron chi connectivity index (χ3n) is 1.60. The summed E-state index contributed by atoms with van der Waals surface area (Å²) < 4.78 is 0. The van der Waals surface area contributed by atoms with Crippen molar-refractivity contribution in [2.24, 2.45) is 0 Å². The molecular weight excluding hydrogens is 128 g/mol. The first-order chi connectivity index (χ1) is 4.74. The lowest BCUT2D eigenvalue weighted by atomic mass is 10.3. The standard InChI is InChI=1S/C7H17N2O/c1-3-9(4-2)6-7(10)5-8/h7-8,10H,3-6H2,1-2H3/t7-/m0/s1. The van der Waals surface area contributed by atoms with Crippen LogP contribution in [0.2, 0.25) is 0 Å². The van der Waals surface area contributed by atoms with Gasteiger partial charge in [-0.05, 0) is 13.1 Å². The lowest BCUT2D eigenvalue weighted by Gasteiger charge is -2.20. The fourth-order valence-corrected chi connectivity index (χ4v) is 0.844. The van der Waals surface area contributed by atoms with Crippen LogP contribution < -0.4 is 5.73 Å². The van der Waals surface area contributed by atoms with Crippen molar-refractivity contribution in [1.29, 1.82) is 0 Å². The molecule has 2 N–H and O–H groups in total. The number of aliphatic hydroxyl groups excluding tert-OH is 1. The normalized spacial score (nSPS) is 14.1. The lowest BCUT2D eigenvalue weighted by Crippen LogP contribution is -2.34. The van der Waals surface area contributed by atoms with Gasteiger partial charge in [-0.3, -0.25) is 5.73 Å². The van der Waals surface area contributed by atoms with Crippen LogP contribution in [0.5, 0.6) is 0 Å². The number of nitrogens with one attached hydrogen (secondary N) is 1. The molecule has 1 radical (unpaired) electrons. The predicted octanol–water partition coefficient (Wildman–Crippen LogP) is -0.0280. The van der Waals surface area contributed by atoms with Gasteiger partial charge in [-0.15, -0.1) is 0 Å². The summed E-state index contributed by atoms with van der Waals surface area (Å²) in [4.78, 5) is 2.11. The molecule has 1 atom stereocenters. The highest BCUT2D eigenvalue weighted by molar-refractivity contribution is 4.61. The second-order valence-electron chi connectivity index (χ2n) is 2.34. The molecule has 0 heterocycles. The van der Waals surface area contributed by atoms with Crippen LogP contribution >= 0.6 is 0 Å². The monoisotopic (exact) mass is 145 g/mol. The van der Waals surface area contributed by atoms with Crippen LogP contribution in [0.15, 0.2) is 0 Å². The van der Waals surface area contributed by atoms with Crippen molar-refractivity contribution < 1.29 is 5.11 Å². The molecule has 0 saturated carbocycles. The van der Waals surface area contributed by atoms with E-state index in [0.717, 1.165) is 13.1 Å². The highest BCUT2D eigenvalue weighted by atomic mass is 16.3. The van der Waals surface area contributed by atoms with Gasteiger partial charge >= 0.3 is 0 Å². The molecule has 0 fully saturated rings. The van der Waals surface area contributed by atoms with Crippen molar-refractivity contribution in [3.8, 4) is 0 Å². The largest absolute Gasteiger partial charge is 0.390 e. The second kappa shape index (κ2) is 5.65. The van der Waals surface area contributed by atoms with Gasteiger partial charge in [0, 0.05) is 13.1 Å². The van der Waals surface area contributed by atoms with Gasteiger partial charge < -0.3 is 10.0 Å². The van der Waals surface area contributed by atoms with Gasteiger partial charge in [-0.2, -0.15) is 0 Å². The Kier molecular flexibility index (Phi) is 5.58. The fourth-order valence-electron chi connectivity index (χ4n) is 0.844. The van der Waals surface area contributed by atoms with Crippen LogP contribution in [0.1, 0.15) is 13.8 Å². The quantitative estimate of drug-likeness (QED) is 0.590. The van der Waals surface area contributed by atoms with Crippen molar-refractivity contribution in [2.75, 3.05) is 26.2 Å². The van der Waals surface area contributed by atoms with Crippen molar-refractivity contribution >= 4 is 0 Å². The summed E-state index contributed by atoms with van der Waals surface area (Å²) in [5.41, 5.74) is 6.88. The minimum absolute atomic E-state index is 0.108. The first-order valence-corrected chi connectivity index (χ1v) is 3.79. The summed E-state index contributed by atoms with van der Waals surface area (Å²) >= 11 is 0. The molecule has 0 aromatic rings. The zero-order valence-corrected chi connectivity index (χ0v) is 6.80. The average Bonchev–Trinajstić information content (AvgIpc) is 1.99. The van der Waals surface area contributed by atoms with Crippen LogP contribution in [0.3, 0.4) is 0 Å². The summed E-state index contributed by atoms with van der Waals surface area (Å²) in [6.07, 6.45) is -0.472. The van der Waals surface area contributed by atoms with E-state index < -0.39 is 6.10 Å². The van der Waals surface area contributed by atoms with Crippen molar-refractivity contribution in [3.05, 3.63) is 0 Å². The van der Waals surface area contributed by atoms with E-state index in [1.165, 1.54) is 0 Å². The van der Waals surface area contributed by atoms with Crippen molar-refractivity contribution in [1.82, 2.24) is 10.6 Å². The van der Waals surface area contributed by atoms with Gasteiger partial charge in [0.05, 0.1) is 6.10 Å². The van der Waals surface area contributed by atoms with E-state index >= 15 is 0 Å². The summed E-state index contributed by atoms with van der Waals surface area (Å²) in [7, 11) is 0. The van der Waals surface area contributed by atoms with E-state index in [9.17, 15) is 0 Å². The Balaban J connectivity index is 3.41. The Morgan fingerprint density at radius 2 is 1.90 bits per heavy atom. The maximum atomic E-state index is 9.06. The molecule has 61 valence electrons. The fraction of sp³-hybridized carbons (Fsp3) is 1.00. The topological polar surface area (TPSA) is 47.3 Å². The van der Waals surface area contributed by atoms with E-state index in [1.807, 2.05) is 0 Å². The Labute approximate surface area is 62.8 Å². The average molecular weight is 145 g/mol. The molecule has 0 unspecified atom stereocenters. The SMILES string of the molecule is CCN(CC)C[C@@H](O)C[NH]. The first kappa shape index (κ1) is 9.88. The number of hydrogen-bond acceptors (Lipinski definition) is 2. The van der Waals surface area contributed by atoms with Crippen LogP contribution in [-0.2, 0) is 0 Å². The third-order valence-corrected chi connectivity index (χ3v) is 1.60. The van der Waals surface area contributed by atoms with Crippen LogP contribution in [0, 0.1) is 0 Å². The zero-order valence-electron chi connectivity index (χ0n) is 6.80. The summed E-state index contributed by atoms with van der Waals surface area (Å²) in [6.45, 7) is 6.76. The smallest absolute Gasteiger partial charge is 0.0805 e. The predicted molar refractivity (Wildman–Crippen MR) is 41.8 cm³/mol. The molecule has 0 aromatic heterocycles. The van der Waals surface area contributed by atoms with E-state index in [2.05, 4.69) is 18.7 Å². The lowest BCUT2D eigenvalue weighted by molar-refractivity contribution is 0.123. The molecule has 0 aliphatic carbocycles. The zero-order chi connectivity index (χ0) is 7.98. The summed E-state index contributed by atoms with van der Waals surface area (Å²) in [5.74, 6) is 0. The summed E-state index contributed by atoms with van der Waals surface area (Å²) in [5, 5.41) is 9.06. The minimum atomic E-state index is -0.472. The number of hydrogen-bond donors (Lipinski definition) is 1. The Morgan fingerprint density at radius 3 is 2.20 bits per heavy atom. The number of aliphatic hydroxyl groups is 1. The minimum Gasteiger partial charge on any atom is -0.390 e. The van der Waals surface area contributed by atoms with E-state index in [1.54, 1.807) is 0 Å². The van der Waals surface area contributed by atoms with Gasteiger partial charge in [-0.1, -0.05) is 13.8 Å². The molecule has 10 heavy (non-hydrogen) atoms. The van der Waals surface area contributed by atoms with Gasteiger partial charge in [-0.25, -0.2) is 0 Å². The molecule has 0 aliphatic heterocycles. The highest BCUT2D eigenvalue weighted by Gasteiger charge is 2.05. The molecule has 0 aromatic carbocycles. The molecule has 0 spiro atoms. The van der Waals surface area contributed by atoms with Gasteiger partial charge in [0.2, 0.25) is 0 Å². The van der Waals surface area contributed by atoms with Crippen LogP contribution in [0.25, 0.3) is 0 Å². The highest BCUT2D eigenvalue weighted by Crippen LogP contribution is 1.89. The van der Waals surface area contributed by atoms with Gasteiger partial charge in [0.15, 0.2) is 0 Å². The second-order valence-corrected chi connectivity index (χ2v) is 2.34. The van der Waals surface area contributed by atoms with Crippen molar-refractivity contribution in [3.63, 3.8) is 0 Å². The molecule has 3 nitrogen and oxygen atoms in total. The number of likely N-dealkylation sites (N-methyl/N-ethyl adjacent to an activating group) is 1. The van der Waals surface area contributed by atoms with Crippen molar-refractivity contribution in [2.45, 2.75) is 20.0 Å². The summed E-state index contributed by atoms with van der Waals surface area (Å²) in [6, 6.07) is 0. The molecule has 3 heteroatoms. The number of rotatable bonds is 5. The maximum Gasteiger partial charge on any atom is 0.0805 e. The number of nitrogens with zero attached hydrogens (tertiary/aromatic N) is 1. The Hall–Kier alpha value is -0.120. The van der Waals surface area contributed by atoms with E-state index in [0.29, 0.717) is 6.54 Å². The first-order valence-electron chi connectivity index (χ1n) is 3.79. The van der Waals surface area contributed by atoms with E-state index in [-0.39, 0.29) is 6.54 Å². The molecule has 0 amide bonds. The molecular formula is C7H17N2O. The van der Waals surface area contributed by atoms with Crippen LogP contribution in [0.4, 0.5) is 0 Å². The Bertz CT molecular complexity index is 74.0. The molecule has 0 rings (SSSR count). The maximum absolute atomic E-state index is 9.06. The van der Waals surface area contributed by atoms with Gasteiger partial charge in [0.1, 0.15) is 0 Å². The third kappa shape index (κ3) is 3.82. The van der Waals surface area contributed by atoms with Crippen LogP contribution in [-0.4, -0.2) is 42.3 Å². The van der Waals surface area contributed by atoms with Gasteiger partial charge in [0.25, 0.3) is 0 Å².